The number of quaternary nitrogens is 1. The average Bonchev–Trinajstić information content (AvgIpc) is 3.27. The maximum atomic E-state index is 12.8. The van der Waals surface area contributed by atoms with Gasteiger partial charge in [-0.3, -0.25) is 9.36 Å². The molecule has 0 radical (unpaired) electrons. The molecular weight excluding hydrogens is 840 g/mol. The van der Waals surface area contributed by atoms with E-state index in [1.165, 1.54) is 154 Å². The lowest BCUT2D eigenvalue weighted by atomic mass is 10.0. The van der Waals surface area contributed by atoms with Crippen molar-refractivity contribution in [1.29, 1.82) is 0 Å². The molecule has 9 heteroatoms. The predicted octanol–water partition coefficient (Wildman–Crippen LogP) is 15.9. The van der Waals surface area contributed by atoms with Crippen molar-refractivity contribution in [3.05, 3.63) is 60.8 Å². The van der Waals surface area contributed by atoms with Gasteiger partial charge in [0.15, 0.2) is 0 Å². The summed E-state index contributed by atoms with van der Waals surface area (Å²) in [6.45, 7) is 4.42. The number of hydrogen-bond donors (Lipinski definition) is 2. The van der Waals surface area contributed by atoms with Crippen LogP contribution >= 0.6 is 7.82 Å². The summed E-state index contributed by atoms with van der Waals surface area (Å²) in [5, 5.41) is 13.6. The molecule has 0 aliphatic rings. The molecule has 8 nitrogen and oxygen atoms in total. The molecule has 0 rings (SSSR count). The molecule has 0 spiro atoms. The number of unbranched alkanes of at least 4 members (excludes halogenated alkanes) is 29. The first-order valence-electron chi connectivity index (χ1n) is 27.7. The van der Waals surface area contributed by atoms with E-state index in [-0.39, 0.29) is 19.1 Å². The first-order chi connectivity index (χ1) is 32.0. The number of phosphoric acid groups is 1. The Balaban J connectivity index is 3.69. The van der Waals surface area contributed by atoms with Crippen molar-refractivity contribution in [3.8, 4) is 0 Å². The minimum atomic E-state index is -4.57. The minimum absolute atomic E-state index is 0.00134. The fraction of sp³-hybridized carbons (Fsp3) is 0.807. The van der Waals surface area contributed by atoms with Gasteiger partial charge >= 0.3 is 0 Å². The molecule has 0 heterocycles. The number of likely N-dealkylation sites (N-methyl/N-ethyl adjacent to an activating group) is 1. The minimum Gasteiger partial charge on any atom is -0.756 e. The molecular formula is C57H107N2O6P. The van der Waals surface area contributed by atoms with Crippen LogP contribution in [0.2, 0.25) is 0 Å². The van der Waals surface area contributed by atoms with Crippen LogP contribution in [-0.2, 0) is 18.4 Å². The van der Waals surface area contributed by atoms with Crippen LogP contribution in [0.1, 0.15) is 245 Å². The molecule has 0 aromatic carbocycles. The lowest BCUT2D eigenvalue weighted by molar-refractivity contribution is -0.870. The molecule has 0 aromatic heterocycles. The van der Waals surface area contributed by atoms with E-state index in [0.29, 0.717) is 17.4 Å². The number of rotatable bonds is 50. The third kappa shape index (κ3) is 50.1. The highest BCUT2D eigenvalue weighted by Gasteiger charge is 2.23. The third-order valence-corrected chi connectivity index (χ3v) is 13.2. The van der Waals surface area contributed by atoms with Crippen LogP contribution in [0.5, 0.6) is 0 Å². The van der Waals surface area contributed by atoms with Gasteiger partial charge in [-0.05, 0) is 57.8 Å². The van der Waals surface area contributed by atoms with E-state index in [9.17, 15) is 19.4 Å². The molecule has 3 atom stereocenters. The van der Waals surface area contributed by atoms with Gasteiger partial charge in [0.2, 0.25) is 5.91 Å². The Kier molecular flexibility index (Phi) is 46.9. The predicted molar refractivity (Wildman–Crippen MR) is 284 cm³/mol. The van der Waals surface area contributed by atoms with Crippen LogP contribution in [0.25, 0.3) is 0 Å². The van der Waals surface area contributed by atoms with Crippen molar-refractivity contribution in [2.45, 2.75) is 257 Å². The van der Waals surface area contributed by atoms with Crippen LogP contribution in [0.3, 0.4) is 0 Å². The molecule has 0 aromatic rings. The number of amides is 1. The van der Waals surface area contributed by atoms with Gasteiger partial charge in [0.25, 0.3) is 7.82 Å². The second kappa shape index (κ2) is 48.2. The summed E-state index contributed by atoms with van der Waals surface area (Å²) < 4.78 is 23.0. The zero-order chi connectivity index (χ0) is 48.5. The fourth-order valence-corrected chi connectivity index (χ4v) is 8.63. The van der Waals surface area contributed by atoms with Crippen LogP contribution in [-0.4, -0.2) is 68.5 Å². The highest BCUT2D eigenvalue weighted by Crippen LogP contribution is 2.38. The SMILES string of the molecule is CC/C=C\C/C=C\C/C=C\C/C=C\CCCCCCCCCCCCCCCCCCCCCCCCCCCCC(=O)NC(COP(=O)([O-])OCC[N+](C)(C)C)C(O)/C=C/CCCCC. The largest absolute Gasteiger partial charge is 0.756 e. The number of carbonyl (C=O) groups excluding carboxylic acids is 1. The van der Waals surface area contributed by atoms with E-state index in [2.05, 4.69) is 67.8 Å². The van der Waals surface area contributed by atoms with Crippen LogP contribution in [0, 0.1) is 0 Å². The molecule has 0 bridgehead atoms. The molecule has 0 saturated heterocycles. The van der Waals surface area contributed by atoms with Gasteiger partial charge < -0.3 is 28.8 Å². The number of aliphatic hydroxyl groups is 1. The van der Waals surface area contributed by atoms with Crippen molar-refractivity contribution in [3.63, 3.8) is 0 Å². The van der Waals surface area contributed by atoms with E-state index >= 15 is 0 Å². The van der Waals surface area contributed by atoms with Crippen molar-refractivity contribution in [1.82, 2.24) is 5.32 Å². The molecule has 0 aliphatic carbocycles. The van der Waals surface area contributed by atoms with Crippen molar-refractivity contribution >= 4 is 13.7 Å². The van der Waals surface area contributed by atoms with Gasteiger partial charge in [0.05, 0.1) is 39.9 Å². The third-order valence-electron chi connectivity index (χ3n) is 12.2. The lowest BCUT2D eigenvalue weighted by Gasteiger charge is -2.29. The Morgan fingerprint density at radius 1 is 0.545 bits per heavy atom. The summed E-state index contributed by atoms with van der Waals surface area (Å²) in [6, 6.07) is -0.881. The van der Waals surface area contributed by atoms with E-state index in [0.717, 1.165) is 70.6 Å². The second-order valence-corrected chi connectivity index (χ2v) is 21.3. The Morgan fingerprint density at radius 3 is 1.35 bits per heavy atom. The van der Waals surface area contributed by atoms with Gasteiger partial charge in [-0.2, -0.15) is 0 Å². The quantitative estimate of drug-likeness (QED) is 0.0272. The highest BCUT2D eigenvalue weighted by atomic mass is 31.2. The summed E-state index contributed by atoms with van der Waals surface area (Å²) in [4.78, 5) is 25.1. The number of nitrogens with one attached hydrogen (secondary N) is 1. The molecule has 386 valence electrons. The number of hydrogen-bond acceptors (Lipinski definition) is 6. The molecule has 0 fully saturated rings. The normalized spacial score (nSPS) is 14.5. The summed E-state index contributed by atoms with van der Waals surface area (Å²) in [5.74, 6) is -0.202. The summed E-state index contributed by atoms with van der Waals surface area (Å²) >= 11 is 0. The van der Waals surface area contributed by atoms with Crippen LogP contribution in [0.4, 0.5) is 0 Å². The van der Waals surface area contributed by atoms with Gasteiger partial charge in [-0.1, -0.05) is 242 Å². The van der Waals surface area contributed by atoms with Gasteiger partial charge in [0, 0.05) is 6.42 Å². The summed E-state index contributed by atoms with van der Waals surface area (Å²) in [5.41, 5.74) is 0. The highest BCUT2D eigenvalue weighted by molar-refractivity contribution is 7.45. The lowest BCUT2D eigenvalue weighted by Crippen LogP contribution is -2.45. The first kappa shape index (κ1) is 64.2. The van der Waals surface area contributed by atoms with Gasteiger partial charge in [0.1, 0.15) is 13.2 Å². The maximum absolute atomic E-state index is 12.8. The monoisotopic (exact) mass is 947 g/mol. The maximum Gasteiger partial charge on any atom is 0.268 e. The number of carbonyl (C=O) groups is 1. The van der Waals surface area contributed by atoms with Gasteiger partial charge in [-0.25, -0.2) is 0 Å². The fourth-order valence-electron chi connectivity index (χ4n) is 7.91. The Bertz CT molecular complexity index is 1260. The Hall–Kier alpha value is -1.80. The van der Waals surface area contributed by atoms with Gasteiger partial charge in [-0.15, -0.1) is 0 Å². The topological polar surface area (TPSA) is 108 Å². The zero-order valence-corrected chi connectivity index (χ0v) is 44.8. The standard InChI is InChI=1S/C57H107N2O6P/c1-6-8-10-12-13-14-15-16-17-18-19-20-21-22-23-24-25-26-27-28-29-30-31-32-33-34-35-36-37-38-39-40-41-42-43-44-45-47-49-51-57(61)58-55(56(60)50-48-46-11-9-7-2)54-65-66(62,63)64-53-52-59(3,4)5/h8,10,13-14,16-17,19-20,48,50,55-56,60H,6-7,9,11-12,15,18,21-47,49,51-54H2,1-5H3,(H-,58,61,62,63)/b10-8-,14-13-,17-16-,20-19-,50-48+. The molecule has 3 unspecified atom stereocenters. The molecule has 2 N–H and O–H groups in total. The summed E-state index contributed by atoms with van der Waals surface area (Å²) in [6.07, 6.45) is 65.3. The van der Waals surface area contributed by atoms with Crippen molar-refractivity contribution < 1.29 is 32.9 Å². The zero-order valence-electron chi connectivity index (χ0n) is 43.9. The van der Waals surface area contributed by atoms with Crippen LogP contribution in [0.15, 0.2) is 60.8 Å². The smallest absolute Gasteiger partial charge is 0.268 e. The number of aliphatic hydroxyl groups excluding tert-OH is 1. The number of nitrogens with zero attached hydrogens (tertiary/aromatic N) is 1. The van der Waals surface area contributed by atoms with E-state index < -0.39 is 20.0 Å². The van der Waals surface area contributed by atoms with Crippen molar-refractivity contribution in [2.24, 2.45) is 0 Å². The summed E-state index contributed by atoms with van der Waals surface area (Å²) in [7, 11) is 1.26. The molecule has 0 aliphatic heterocycles. The van der Waals surface area contributed by atoms with Crippen LogP contribution < -0.4 is 10.2 Å². The number of phosphoric ester groups is 1. The average molecular weight is 947 g/mol. The molecule has 66 heavy (non-hydrogen) atoms. The Morgan fingerprint density at radius 2 is 0.924 bits per heavy atom. The molecule has 0 saturated carbocycles. The van der Waals surface area contributed by atoms with E-state index in [1.54, 1.807) is 6.08 Å². The van der Waals surface area contributed by atoms with E-state index in [1.807, 2.05) is 27.2 Å². The first-order valence-corrected chi connectivity index (χ1v) is 29.1. The molecule has 1 amide bonds. The van der Waals surface area contributed by atoms with E-state index in [4.69, 9.17) is 9.05 Å². The van der Waals surface area contributed by atoms with Crippen molar-refractivity contribution in [2.75, 3.05) is 40.9 Å². The second-order valence-electron chi connectivity index (χ2n) is 19.9. The Labute approximate surface area is 409 Å². The number of allylic oxidation sites excluding steroid dienone is 9.